The van der Waals surface area contributed by atoms with Crippen LogP contribution in [0.4, 0.5) is 10.7 Å². The number of nitrogens with one attached hydrogen (secondary N) is 2. The Balaban J connectivity index is 2.00. The Morgan fingerprint density at radius 3 is 2.50 bits per heavy atom. The van der Waals surface area contributed by atoms with Crippen molar-refractivity contribution in [3.8, 4) is 0 Å². The molecule has 0 bridgehead atoms. The van der Waals surface area contributed by atoms with Gasteiger partial charge < -0.3 is 15.0 Å². The number of ether oxygens (including phenoxy) is 1. The number of imide groups is 1. The molecule has 2 heterocycles. The molecule has 2 N–H and O–H groups in total. The fourth-order valence-electron chi connectivity index (χ4n) is 2.50. The van der Waals surface area contributed by atoms with E-state index in [9.17, 15) is 9.59 Å². The van der Waals surface area contributed by atoms with Crippen molar-refractivity contribution in [3.05, 3.63) is 0 Å². The number of carbonyl (C=O) groups excluding carboxylic acids is 2. The molecular weight excluding hydrogens is 356 g/mol. The van der Waals surface area contributed by atoms with E-state index in [1.807, 2.05) is 18.4 Å². The summed E-state index contributed by atoms with van der Waals surface area (Å²) in [6.45, 7) is 11.6. The molecular formula is C16H28N6O3S. The molecule has 1 aromatic rings. The third-order valence-electron chi connectivity index (χ3n) is 3.54. The summed E-state index contributed by atoms with van der Waals surface area (Å²) in [4.78, 5) is 25.7. The first kappa shape index (κ1) is 20.5. The summed E-state index contributed by atoms with van der Waals surface area (Å²) in [7, 11) is 0. The second kappa shape index (κ2) is 9.77. The molecule has 0 aromatic carbocycles. The zero-order valence-electron chi connectivity index (χ0n) is 15.8. The Bertz CT molecular complexity index is 613. The van der Waals surface area contributed by atoms with E-state index in [4.69, 9.17) is 4.74 Å². The second-order valence-electron chi connectivity index (χ2n) is 6.85. The minimum absolute atomic E-state index is 0.0272. The molecule has 2 rings (SSSR count). The van der Waals surface area contributed by atoms with Gasteiger partial charge in [-0.15, -0.1) is 10.2 Å². The monoisotopic (exact) mass is 384 g/mol. The van der Waals surface area contributed by atoms with Crippen LogP contribution >= 0.6 is 11.8 Å². The number of urea groups is 1. The normalized spacial score (nSPS) is 14.8. The smallest absolute Gasteiger partial charge is 0.321 e. The average Bonchev–Trinajstić information content (AvgIpc) is 2.95. The Morgan fingerprint density at radius 1 is 1.19 bits per heavy atom. The van der Waals surface area contributed by atoms with E-state index in [1.165, 1.54) is 11.8 Å². The summed E-state index contributed by atoms with van der Waals surface area (Å²) in [6, 6.07) is -0.510. The Morgan fingerprint density at radius 2 is 1.88 bits per heavy atom. The molecule has 1 aliphatic heterocycles. The van der Waals surface area contributed by atoms with Crippen molar-refractivity contribution < 1.29 is 14.3 Å². The molecule has 0 aliphatic carbocycles. The maximum Gasteiger partial charge on any atom is 0.321 e. The van der Waals surface area contributed by atoms with E-state index in [0.717, 1.165) is 25.6 Å². The maximum absolute atomic E-state index is 12.0. The van der Waals surface area contributed by atoms with Crippen LogP contribution in [0.2, 0.25) is 0 Å². The van der Waals surface area contributed by atoms with E-state index >= 15 is 0 Å². The minimum Gasteiger partial charge on any atom is -0.378 e. The molecule has 0 radical (unpaired) electrons. The molecule has 10 heteroatoms. The van der Waals surface area contributed by atoms with Gasteiger partial charge in [0.2, 0.25) is 11.9 Å². The lowest BCUT2D eigenvalue weighted by Crippen LogP contribution is -2.43. The van der Waals surface area contributed by atoms with E-state index < -0.39 is 6.03 Å². The summed E-state index contributed by atoms with van der Waals surface area (Å²) in [5.74, 6) is 0.962. The van der Waals surface area contributed by atoms with Crippen molar-refractivity contribution in [1.29, 1.82) is 0 Å². The first-order chi connectivity index (χ1) is 12.4. The standard InChI is InChI=1S/C16H28N6O3S/c1-11(2)9-22-15(21-5-7-25-8-6-21)19-20-16(22)26-10-13(23)18-14(24)17-12(3)4/h11-12H,5-10H2,1-4H3,(H2,17,18,23,24). The summed E-state index contributed by atoms with van der Waals surface area (Å²) >= 11 is 1.28. The summed E-state index contributed by atoms with van der Waals surface area (Å²) in [5.41, 5.74) is 0. The maximum atomic E-state index is 12.0. The third-order valence-corrected chi connectivity index (χ3v) is 4.51. The van der Waals surface area contributed by atoms with Crippen molar-refractivity contribution in [2.75, 3.05) is 37.0 Å². The number of aromatic nitrogens is 3. The van der Waals surface area contributed by atoms with Crippen LogP contribution in [-0.2, 0) is 16.1 Å². The molecule has 0 spiro atoms. The van der Waals surface area contributed by atoms with Crippen LogP contribution in [0.3, 0.4) is 0 Å². The molecule has 0 saturated carbocycles. The number of morpholine rings is 1. The SMILES string of the molecule is CC(C)Cn1c(SCC(=O)NC(=O)NC(C)C)nnc1N1CCOCC1. The Kier molecular flexibility index (Phi) is 7.70. The zero-order valence-corrected chi connectivity index (χ0v) is 16.6. The van der Waals surface area contributed by atoms with E-state index in [1.54, 1.807) is 0 Å². The van der Waals surface area contributed by atoms with Crippen molar-refractivity contribution in [1.82, 2.24) is 25.4 Å². The van der Waals surface area contributed by atoms with Crippen LogP contribution in [0.5, 0.6) is 0 Å². The number of anilines is 1. The summed E-state index contributed by atoms with van der Waals surface area (Å²) in [6.07, 6.45) is 0. The Hall–Kier alpha value is -1.81. The van der Waals surface area contributed by atoms with Crippen LogP contribution in [0.15, 0.2) is 5.16 Å². The molecule has 0 unspecified atom stereocenters. The summed E-state index contributed by atoms with van der Waals surface area (Å²) < 4.78 is 7.44. The van der Waals surface area contributed by atoms with Crippen molar-refractivity contribution in [2.45, 2.75) is 45.4 Å². The molecule has 0 atom stereocenters. The fraction of sp³-hybridized carbons (Fsp3) is 0.750. The predicted molar refractivity (Wildman–Crippen MR) is 100 cm³/mol. The van der Waals surface area contributed by atoms with Gasteiger partial charge in [-0.05, 0) is 19.8 Å². The molecule has 3 amide bonds. The highest BCUT2D eigenvalue weighted by atomic mass is 32.2. The lowest BCUT2D eigenvalue weighted by Gasteiger charge is -2.28. The first-order valence-electron chi connectivity index (χ1n) is 8.85. The second-order valence-corrected chi connectivity index (χ2v) is 7.79. The van der Waals surface area contributed by atoms with Crippen molar-refractivity contribution in [3.63, 3.8) is 0 Å². The number of amides is 3. The third kappa shape index (κ3) is 6.17. The lowest BCUT2D eigenvalue weighted by molar-refractivity contribution is -0.117. The average molecular weight is 385 g/mol. The molecule has 146 valence electrons. The van der Waals surface area contributed by atoms with E-state index in [2.05, 4.69) is 39.6 Å². The van der Waals surface area contributed by atoms with Crippen LogP contribution < -0.4 is 15.5 Å². The van der Waals surface area contributed by atoms with Gasteiger partial charge in [-0.25, -0.2) is 4.79 Å². The number of rotatable bonds is 7. The Labute approximate surface area is 158 Å². The number of nitrogens with zero attached hydrogens (tertiary/aromatic N) is 4. The predicted octanol–water partition coefficient (Wildman–Crippen LogP) is 1.10. The molecule has 1 saturated heterocycles. The highest BCUT2D eigenvalue weighted by molar-refractivity contribution is 7.99. The van der Waals surface area contributed by atoms with E-state index in [0.29, 0.717) is 24.3 Å². The van der Waals surface area contributed by atoms with Gasteiger partial charge in [-0.2, -0.15) is 0 Å². The van der Waals surface area contributed by atoms with Crippen molar-refractivity contribution in [2.24, 2.45) is 5.92 Å². The molecule has 26 heavy (non-hydrogen) atoms. The number of thioether (sulfide) groups is 1. The first-order valence-corrected chi connectivity index (χ1v) is 9.84. The number of hydrogen-bond acceptors (Lipinski definition) is 7. The number of hydrogen-bond donors (Lipinski definition) is 2. The lowest BCUT2D eigenvalue weighted by atomic mass is 10.2. The molecule has 1 aromatic heterocycles. The van der Waals surface area contributed by atoms with E-state index in [-0.39, 0.29) is 17.7 Å². The van der Waals surface area contributed by atoms with Crippen LogP contribution in [0.25, 0.3) is 0 Å². The minimum atomic E-state index is -0.483. The summed E-state index contributed by atoms with van der Waals surface area (Å²) in [5, 5.41) is 14.2. The van der Waals surface area contributed by atoms with Crippen LogP contribution in [-0.4, -0.2) is 64.8 Å². The highest BCUT2D eigenvalue weighted by Gasteiger charge is 2.22. The van der Waals surface area contributed by atoms with Gasteiger partial charge in [0.1, 0.15) is 0 Å². The van der Waals surface area contributed by atoms with Gasteiger partial charge in [0, 0.05) is 25.7 Å². The van der Waals surface area contributed by atoms with Gasteiger partial charge >= 0.3 is 6.03 Å². The van der Waals surface area contributed by atoms with Crippen molar-refractivity contribution >= 4 is 29.6 Å². The van der Waals surface area contributed by atoms with Gasteiger partial charge in [0.05, 0.1) is 19.0 Å². The van der Waals surface area contributed by atoms with Crippen LogP contribution in [0, 0.1) is 5.92 Å². The van der Waals surface area contributed by atoms with Gasteiger partial charge in [0.15, 0.2) is 5.16 Å². The highest BCUT2D eigenvalue weighted by Crippen LogP contribution is 2.24. The van der Waals surface area contributed by atoms with Gasteiger partial charge in [-0.1, -0.05) is 25.6 Å². The molecule has 9 nitrogen and oxygen atoms in total. The fourth-order valence-corrected chi connectivity index (χ4v) is 3.24. The van der Waals surface area contributed by atoms with Gasteiger partial charge in [0.25, 0.3) is 0 Å². The number of carbonyl (C=O) groups is 2. The van der Waals surface area contributed by atoms with Crippen LogP contribution in [0.1, 0.15) is 27.7 Å². The molecule has 1 aliphatic rings. The van der Waals surface area contributed by atoms with Gasteiger partial charge in [-0.3, -0.25) is 14.7 Å². The zero-order chi connectivity index (χ0) is 19.1. The topological polar surface area (TPSA) is 101 Å². The largest absolute Gasteiger partial charge is 0.378 e. The molecule has 1 fully saturated rings. The quantitative estimate of drug-likeness (QED) is 0.679.